The molecular formula is C16H24O4. The van der Waals surface area contributed by atoms with E-state index in [0.29, 0.717) is 36.3 Å². The van der Waals surface area contributed by atoms with Crippen molar-refractivity contribution in [2.75, 3.05) is 7.11 Å². The minimum absolute atomic E-state index is 0.0159. The van der Waals surface area contributed by atoms with E-state index in [4.69, 9.17) is 14.2 Å². The zero-order valence-electron chi connectivity index (χ0n) is 12.3. The van der Waals surface area contributed by atoms with Gasteiger partial charge >= 0.3 is 5.97 Å². The zero-order chi connectivity index (χ0) is 13.9. The van der Waals surface area contributed by atoms with Crippen molar-refractivity contribution in [1.29, 1.82) is 0 Å². The molecule has 2 aliphatic carbocycles. The maximum Gasteiger partial charge on any atom is 0.312 e. The summed E-state index contributed by atoms with van der Waals surface area (Å²) in [4.78, 5) is 12.5. The Morgan fingerprint density at radius 2 is 1.90 bits per heavy atom. The lowest BCUT2D eigenvalue weighted by Gasteiger charge is -2.42. The molecule has 4 nitrogen and oxygen atoms in total. The van der Waals surface area contributed by atoms with Gasteiger partial charge in [-0.2, -0.15) is 0 Å². The number of hydrogen-bond acceptors (Lipinski definition) is 4. The van der Waals surface area contributed by atoms with Crippen molar-refractivity contribution >= 4 is 5.97 Å². The second-order valence-corrected chi connectivity index (χ2v) is 7.18. The molecule has 2 saturated carbocycles. The number of rotatable bonds is 3. The van der Waals surface area contributed by atoms with Crippen molar-refractivity contribution in [2.45, 2.75) is 69.9 Å². The van der Waals surface area contributed by atoms with Crippen LogP contribution in [0.3, 0.4) is 0 Å². The highest BCUT2D eigenvalue weighted by Gasteiger charge is 2.59. The van der Waals surface area contributed by atoms with Gasteiger partial charge in [-0.05, 0) is 50.4 Å². The predicted molar refractivity (Wildman–Crippen MR) is 72.1 cm³/mol. The Labute approximate surface area is 120 Å². The molecule has 0 N–H and O–H groups in total. The molecule has 0 spiro atoms. The Morgan fingerprint density at radius 1 is 1.15 bits per heavy atom. The van der Waals surface area contributed by atoms with Gasteiger partial charge in [0.25, 0.3) is 0 Å². The molecule has 2 aliphatic heterocycles. The highest BCUT2D eigenvalue weighted by molar-refractivity contribution is 5.77. The van der Waals surface area contributed by atoms with E-state index in [0.717, 1.165) is 25.7 Å². The van der Waals surface area contributed by atoms with Crippen molar-refractivity contribution in [2.24, 2.45) is 17.3 Å². The van der Waals surface area contributed by atoms with Crippen LogP contribution in [0.1, 0.15) is 45.4 Å². The summed E-state index contributed by atoms with van der Waals surface area (Å²) in [5.41, 5.74) is -0.321. The van der Waals surface area contributed by atoms with Gasteiger partial charge in [0, 0.05) is 0 Å². The standard InChI is InChI=1S/C16H24O4/c1-9(10-3-4-11-13(7-10)19-11)16(15(17)18-2)6-5-12-14(8-16)20-12/h9-14H,3-8H2,1-2H3. The first kappa shape index (κ1) is 13.1. The molecule has 4 heteroatoms. The molecular weight excluding hydrogens is 256 g/mol. The molecule has 2 saturated heterocycles. The van der Waals surface area contributed by atoms with Crippen LogP contribution in [0, 0.1) is 17.3 Å². The number of epoxide rings is 2. The Kier molecular flexibility index (Phi) is 2.90. The number of carbonyl (C=O) groups is 1. The Morgan fingerprint density at radius 3 is 2.60 bits per heavy atom. The second kappa shape index (κ2) is 4.44. The fraction of sp³-hybridized carbons (Fsp3) is 0.938. The van der Waals surface area contributed by atoms with Crippen molar-refractivity contribution in [3.05, 3.63) is 0 Å². The molecule has 0 amide bonds. The minimum Gasteiger partial charge on any atom is -0.469 e. The molecule has 7 atom stereocenters. The number of methoxy groups -OCH3 is 1. The number of ether oxygens (including phenoxy) is 3. The monoisotopic (exact) mass is 280 g/mol. The molecule has 0 radical (unpaired) electrons. The molecule has 20 heavy (non-hydrogen) atoms. The first-order chi connectivity index (χ1) is 9.64. The number of hydrogen-bond donors (Lipinski definition) is 0. The topological polar surface area (TPSA) is 51.4 Å². The van der Waals surface area contributed by atoms with Crippen molar-refractivity contribution < 1.29 is 19.0 Å². The summed E-state index contributed by atoms with van der Waals surface area (Å²) in [7, 11) is 1.53. The maximum absolute atomic E-state index is 12.5. The van der Waals surface area contributed by atoms with Crippen molar-refractivity contribution in [3.8, 4) is 0 Å². The molecule has 2 heterocycles. The lowest BCUT2D eigenvalue weighted by atomic mass is 9.60. The van der Waals surface area contributed by atoms with Gasteiger partial charge in [0.05, 0.1) is 36.9 Å². The normalized spacial score (nSPS) is 50.6. The van der Waals surface area contributed by atoms with Gasteiger partial charge in [0.2, 0.25) is 0 Å². The van der Waals surface area contributed by atoms with Crippen LogP contribution < -0.4 is 0 Å². The van der Waals surface area contributed by atoms with Crippen LogP contribution in [0.2, 0.25) is 0 Å². The third kappa shape index (κ3) is 1.92. The van der Waals surface area contributed by atoms with Crippen molar-refractivity contribution in [3.63, 3.8) is 0 Å². The molecule has 7 unspecified atom stereocenters. The third-order valence-electron chi connectivity index (χ3n) is 6.34. The second-order valence-electron chi connectivity index (χ2n) is 7.18. The van der Waals surface area contributed by atoms with Gasteiger partial charge in [0.1, 0.15) is 0 Å². The van der Waals surface area contributed by atoms with E-state index in [2.05, 4.69) is 6.92 Å². The van der Waals surface area contributed by atoms with Gasteiger partial charge in [-0.15, -0.1) is 0 Å². The Balaban J connectivity index is 1.55. The average Bonchev–Trinajstić information content (AvgIpc) is 3.36. The first-order valence-corrected chi connectivity index (χ1v) is 8.03. The highest BCUT2D eigenvalue weighted by Crippen LogP contribution is 2.55. The van der Waals surface area contributed by atoms with E-state index >= 15 is 0 Å². The molecule has 4 rings (SSSR count). The molecule has 112 valence electrons. The van der Waals surface area contributed by atoms with Crippen LogP contribution in [-0.2, 0) is 19.0 Å². The molecule has 0 aromatic rings. The number of esters is 1. The van der Waals surface area contributed by atoms with E-state index in [1.165, 1.54) is 20.0 Å². The quantitative estimate of drug-likeness (QED) is 0.588. The SMILES string of the molecule is COC(=O)C1(C(C)C2CCC3OC3C2)CCC2OC2C1. The van der Waals surface area contributed by atoms with Crippen molar-refractivity contribution in [1.82, 2.24) is 0 Å². The van der Waals surface area contributed by atoms with Crippen LogP contribution in [0.15, 0.2) is 0 Å². The summed E-state index contributed by atoms with van der Waals surface area (Å²) in [6, 6.07) is 0. The van der Waals surface area contributed by atoms with E-state index < -0.39 is 0 Å². The first-order valence-electron chi connectivity index (χ1n) is 8.03. The third-order valence-corrected chi connectivity index (χ3v) is 6.34. The van der Waals surface area contributed by atoms with E-state index in [-0.39, 0.29) is 11.4 Å². The van der Waals surface area contributed by atoms with Crippen LogP contribution in [0.4, 0.5) is 0 Å². The maximum atomic E-state index is 12.5. The summed E-state index contributed by atoms with van der Waals surface area (Å²) in [6.45, 7) is 2.26. The average molecular weight is 280 g/mol. The fourth-order valence-electron chi connectivity index (χ4n) is 4.80. The van der Waals surface area contributed by atoms with Crippen LogP contribution in [0.25, 0.3) is 0 Å². The number of carbonyl (C=O) groups excluding carboxylic acids is 1. The van der Waals surface area contributed by atoms with Crippen LogP contribution in [-0.4, -0.2) is 37.5 Å². The van der Waals surface area contributed by atoms with Crippen LogP contribution >= 0.6 is 0 Å². The van der Waals surface area contributed by atoms with Gasteiger partial charge in [-0.3, -0.25) is 4.79 Å². The summed E-state index contributed by atoms with van der Waals surface area (Å²) in [6.07, 6.45) is 7.99. The predicted octanol–water partition coefficient (Wildman–Crippen LogP) is 2.30. The molecule has 0 aromatic heterocycles. The Bertz CT molecular complexity index is 423. The minimum atomic E-state index is -0.321. The van der Waals surface area contributed by atoms with Gasteiger partial charge in [-0.25, -0.2) is 0 Å². The molecule has 4 fully saturated rings. The molecule has 0 bridgehead atoms. The summed E-state index contributed by atoms with van der Waals surface area (Å²) < 4.78 is 16.5. The van der Waals surface area contributed by atoms with Gasteiger partial charge in [-0.1, -0.05) is 6.92 Å². The van der Waals surface area contributed by atoms with E-state index in [1.54, 1.807) is 0 Å². The fourth-order valence-corrected chi connectivity index (χ4v) is 4.80. The summed E-state index contributed by atoms with van der Waals surface area (Å²) in [5, 5.41) is 0. The molecule has 0 aromatic carbocycles. The van der Waals surface area contributed by atoms with Crippen LogP contribution in [0.5, 0.6) is 0 Å². The van der Waals surface area contributed by atoms with E-state index in [1.807, 2.05) is 0 Å². The van der Waals surface area contributed by atoms with E-state index in [9.17, 15) is 4.79 Å². The Hall–Kier alpha value is -0.610. The van der Waals surface area contributed by atoms with Gasteiger partial charge in [0.15, 0.2) is 0 Å². The summed E-state index contributed by atoms with van der Waals surface area (Å²) >= 11 is 0. The largest absolute Gasteiger partial charge is 0.469 e. The lowest BCUT2D eigenvalue weighted by Crippen LogP contribution is -2.45. The van der Waals surface area contributed by atoms with Gasteiger partial charge < -0.3 is 14.2 Å². The smallest absolute Gasteiger partial charge is 0.312 e. The number of fused-ring (bicyclic) bond motifs is 2. The molecule has 4 aliphatic rings. The highest BCUT2D eigenvalue weighted by atomic mass is 16.6. The lowest BCUT2D eigenvalue weighted by molar-refractivity contribution is -0.160. The summed E-state index contributed by atoms with van der Waals surface area (Å²) in [5.74, 6) is 0.941. The zero-order valence-corrected chi connectivity index (χ0v) is 12.3.